The third kappa shape index (κ3) is 5.13. The Labute approximate surface area is 170 Å². The summed E-state index contributed by atoms with van der Waals surface area (Å²) in [7, 11) is 0. The lowest BCUT2D eigenvalue weighted by Crippen LogP contribution is -2.50. The highest BCUT2D eigenvalue weighted by Crippen LogP contribution is 2.19. The number of benzene rings is 2. The normalized spacial score (nSPS) is 13.7. The average Bonchev–Trinajstić information content (AvgIpc) is 2.74. The molecular formula is C22H25N3O4. The molecule has 1 saturated heterocycles. The van der Waals surface area contributed by atoms with Gasteiger partial charge in [-0.2, -0.15) is 0 Å². The summed E-state index contributed by atoms with van der Waals surface area (Å²) in [6.45, 7) is 6.18. The summed E-state index contributed by atoms with van der Waals surface area (Å²) in [6, 6.07) is 14.1. The summed E-state index contributed by atoms with van der Waals surface area (Å²) in [5, 5.41) is 2.86. The molecular weight excluding hydrogens is 370 g/mol. The number of esters is 1. The molecule has 1 fully saturated rings. The van der Waals surface area contributed by atoms with Crippen LogP contribution in [-0.2, 0) is 4.74 Å². The van der Waals surface area contributed by atoms with E-state index in [2.05, 4.69) is 10.2 Å². The Bertz CT molecular complexity index is 887. The number of rotatable bonds is 5. The molecule has 29 heavy (non-hydrogen) atoms. The first-order valence-electron chi connectivity index (χ1n) is 9.67. The van der Waals surface area contributed by atoms with Gasteiger partial charge >= 0.3 is 12.0 Å². The zero-order chi connectivity index (χ0) is 20.8. The number of anilines is 2. The van der Waals surface area contributed by atoms with Gasteiger partial charge in [-0.3, -0.25) is 4.79 Å². The SMILES string of the molecule is CCOC(=O)c1ccc(N2CCN(C(=O)Nc3cccc(C(C)=O)c3)CC2)cc1. The van der Waals surface area contributed by atoms with Crippen LogP contribution in [0.15, 0.2) is 48.5 Å². The number of Topliss-reactive ketones (excluding diaryl/α,β-unsaturated/α-hetero) is 1. The van der Waals surface area contributed by atoms with Gasteiger partial charge in [0.05, 0.1) is 12.2 Å². The van der Waals surface area contributed by atoms with E-state index in [9.17, 15) is 14.4 Å². The molecule has 2 aromatic carbocycles. The number of amides is 2. The molecule has 2 aromatic rings. The monoisotopic (exact) mass is 395 g/mol. The quantitative estimate of drug-likeness (QED) is 0.620. The van der Waals surface area contributed by atoms with E-state index in [1.54, 1.807) is 48.2 Å². The van der Waals surface area contributed by atoms with Crippen LogP contribution in [0.4, 0.5) is 16.2 Å². The molecule has 7 nitrogen and oxygen atoms in total. The first-order chi connectivity index (χ1) is 14.0. The van der Waals surface area contributed by atoms with Gasteiger partial charge in [0.25, 0.3) is 0 Å². The van der Waals surface area contributed by atoms with E-state index in [1.165, 1.54) is 6.92 Å². The predicted molar refractivity (Wildman–Crippen MR) is 112 cm³/mol. The predicted octanol–water partition coefficient (Wildman–Crippen LogP) is 3.42. The highest BCUT2D eigenvalue weighted by Gasteiger charge is 2.21. The highest BCUT2D eigenvalue weighted by atomic mass is 16.5. The van der Waals surface area contributed by atoms with Gasteiger partial charge in [-0.05, 0) is 50.2 Å². The van der Waals surface area contributed by atoms with Gasteiger partial charge in [0.1, 0.15) is 0 Å². The minimum absolute atomic E-state index is 0.0383. The first kappa shape index (κ1) is 20.4. The van der Waals surface area contributed by atoms with Crippen LogP contribution in [-0.4, -0.2) is 55.5 Å². The number of ketones is 1. The Morgan fingerprint density at radius 3 is 2.28 bits per heavy atom. The van der Waals surface area contributed by atoms with Crippen molar-refractivity contribution >= 4 is 29.2 Å². The van der Waals surface area contributed by atoms with Crippen LogP contribution in [0.1, 0.15) is 34.6 Å². The molecule has 0 saturated carbocycles. The van der Waals surface area contributed by atoms with Crippen molar-refractivity contribution in [1.82, 2.24) is 4.90 Å². The van der Waals surface area contributed by atoms with Crippen LogP contribution in [0.3, 0.4) is 0 Å². The van der Waals surface area contributed by atoms with E-state index >= 15 is 0 Å². The molecule has 1 N–H and O–H groups in total. The number of carbonyl (C=O) groups is 3. The third-order valence-corrected chi connectivity index (χ3v) is 4.83. The maximum absolute atomic E-state index is 12.5. The molecule has 0 aliphatic carbocycles. The fourth-order valence-electron chi connectivity index (χ4n) is 3.21. The standard InChI is InChI=1S/C22H25N3O4/c1-3-29-21(27)17-7-9-20(10-8-17)24-11-13-25(14-12-24)22(28)23-19-6-4-5-18(15-19)16(2)26/h4-10,15H,3,11-14H2,1-2H3,(H,23,28). The lowest BCUT2D eigenvalue weighted by atomic mass is 10.1. The molecule has 0 unspecified atom stereocenters. The van der Waals surface area contributed by atoms with Crippen molar-refractivity contribution in [3.63, 3.8) is 0 Å². The van der Waals surface area contributed by atoms with Crippen molar-refractivity contribution < 1.29 is 19.1 Å². The smallest absolute Gasteiger partial charge is 0.338 e. The van der Waals surface area contributed by atoms with Crippen LogP contribution in [0.25, 0.3) is 0 Å². The van der Waals surface area contributed by atoms with E-state index in [1.807, 2.05) is 12.1 Å². The lowest BCUT2D eigenvalue weighted by Gasteiger charge is -2.36. The van der Waals surface area contributed by atoms with Crippen LogP contribution in [0.5, 0.6) is 0 Å². The minimum Gasteiger partial charge on any atom is -0.462 e. The molecule has 2 amide bonds. The molecule has 0 spiro atoms. The van der Waals surface area contributed by atoms with Gasteiger partial charge in [-0.1, -0.05) is 12.1 Å². The Kier molecular flexibility index (Phi) is 6.49. The maximum atomic E-state index is 12.5. The lowest BCUT2D eigenvalue weighted by molar-refractivity contribution is 0.0526. The molecule has 0 atom stereocenters. The van der Waals surface area contributed by atoms with Gasteiger partial charge in [0, 0.05) is 43.1 Å². The topological polar surface area (TPSA) is 79.0 Å². The van der Waals surface area contributed by atoms with Gasteiger partial charge in [-0.15, -0.1) is 0 Å². The van der Waals surface area contributed by atoms with Crippen molar-refractivity contribution in [3.05, 3.63) is 59.7 Å². The number of hydrogen-bond acceptors (Lipinski definition) is 5. The van der Waals surface area contributed by atoms with Crippen molar-refractivity contribution in [2.75, 3.05) is 43.0 Å². The molecule has 1 aliphatic rings. The first-order valence-corrected chi connectivity index (χ1v) is 9.67. The summed E-state index contributed by atoms with van der Waals surface area (Å²) in [6.07, 6.45) is 0. The van der Waals surface area contributed by atoms with E-state index in [0.717, 1.165) is 5.69 Å². The van der Waals surface area contributed by atoms with Crippen LogP contribution < -0.4 is 10.2 Å². The fraction of sp³-hybridized carbons (Fsp3) is 0.318. The molecule has 1 heterocycles. The molecule has 0 bridgehead atoms. The Morgan fingerprint density at radius 2 is 1.66 bits per heavy atom. The number of nitrogens with zero attached hydrogens (tertiary/aromatic N) is 2. The highest BCUT2D eigenvalue weighted by molar-refractivity contribution is 5.96. The van der Waals surface area contributed by atoms with Gasteiger partial charge in [0.2, 0.25) is 0 Å². The fourth-order valence-corrected chi connectivity index (χ4v) is 3.21. The number of carbonyl (C=O) groups excluding carboxylic acids is 3. The summed E-state index contributed by atoms with van der Waals surface area (Å²) >= 11 is 0. The van der Waals surface area contributed by atoms with Crippen molar-refractivity contribution in [1.29, 1.82) is 0 Å². The molecule has 3 rings (SSSR count). The molecule has 7 heteroatoms. The molecule has 0 aromatic heterocycles. The Morgan fingerprint density at radius 1 is 0.966 bits per heavy atom. The van der Waals surface area contributed by atoms with Gasteiger partial charge in [0.15, 0.2) is 5.78 Å². The van der Waals surface area contributed by atoms with Crippen LogP contribution >= 0.6 is 0 Å². The Hall–Kier alpha value is -3.35. The summed E-state index contributed by atoms with van der Waals surface area (Å²) in [5.74, 6) is -0.363. The second kappa shape index (κ2) is 9.23. The molecule has 1 aliphatic heterocycles. The Balaban J connectivity index is 1.54. The zero-order valence-electron chi connectivity index (χ0n) is 16.7. The number of hydrogen-bond donors (Lipinski definition) is 1. The average molecular weight is 395 g/mol. The van der Waals surface area contributed by atoms with Crippen LogP contribution in [0, 0.1) is 0 Å². The summed E-state index contributed by atoms with van der Waals surface area (Å²) in [5.41, 5.74) is 2.72. The summed E-state index contributed by atoms with van der Waals surface area (Å²) in [4.78, 5) is 39.7. The number of nitrogens with one attached hydrogen (secondary N) is 1. The third-order valence-electron chi connectivity index (χ3n) is 4.83. The van der Waals surface area contributed by atoms with E-state index in [4.69, 9.17) is 4.74 Å². The molecule has 152 valence electrons. The number of ether oxygens (including phenoxy) is 1. The largest absolute Gasteiger partial charge is 0.462 e. The number of urea groups is 1. The minimum atomic E-state index is -0.325. The second-order valence-corrected chi connectivity index (χ2v) is 6.81. The van der Waals surface area contributed by atoms with Crippen molar-refractivity contribution in [2.24, 2.45) is 0 Å². The maximum Gasteiger partial charge on any atom is 0.338 e. The van der Waals surface area contributed by atoms with E-state index in [0.29, 0.717) is 49.6 Å². The molecule has 0 radical (unpaired) electrons. The number of piperazine rings is 1. The van der Waals surface area contributed by atoms with Crippen molar-refractivity contribution in [2.45, 2.75) is 13.8 Å². The zero-order valence-corrected chi connectivity index (χ0v) is 16.7. The van der Waals surface area contributed by atoms with Crippen LogP contribution in [0.2, 0.25) is 0 Å². The second-order valence-electron chi connectivity index (χ2n) is 6.81. The summed E-state index contributed by atoms with van der Waals surface area (Å²) < 4.78 is 5.00. The van der Waals surface area contributed by atoms with E-state index < -0.39 is 0 Å². The van der Waals surface area contributed by atoms with E-state index in [-0.39, 0.29) is 17.8 Å². The van der Waals surface area contributed by atoms with Crippen molar-refractivity contribution in [3.8, 4) is 0 Å². The van der Waals surface area contributed by atoms with Gasteiger partial charge < -0.3 is 19.9 Å². The van der Waals surface area contributed by atoms with Gasteiger partial charge in [-0.25, -0.2) is 9.59 Å².